The number of oxime groups is 1. The van der Waals surface area contributed by atoms with Gasteiger partial charge < -0.3 is 9.94 Å². The molecule has 1 atom stereocenters. The third-order valence-electron chi connectivity index (χ3n) is 1.34. The molecule has 0 saturated heterocycles. The molecule has 0 aromatic carbocycles. The van der Waals surface area contributed by atoms with Gasteiger partial charge in [-0.2, -0.15) is 0 Å². The van der Waals surface area contributed by atoms with Gasteiger partial charge in [-0.1, -0.05) is 25.4 Å². The zero-order valence-electron chi connectivity index (χ0n) is 7.29. The molecule has 0 radical (unpaired) electrons. The van der Waals surface area contributed by atoms with E-state index in [2.05, 4.69) is 19.0 Å². The van der Waals surface area contributed by atoms with Crippen LogP contribution in [0.15, 0.2) is 5.16 Å². The molecule has 3 heteroatoms. The maximum absolute atomic E-state index is 8.25. The van der Waals surface area contributed by atoms with Gasteiger partial charge in [-0.25, -0.2) is 0 Å². The predicted octanol–water partition coefficient (Wildman–Crippen LogP) is 2.04. The number of hydrogen-bond acceptors (Lipinski definition) is 3. The quantitative estimate of drug-likeness (QED) is 0.366. The molecule has 0 rings (SSSR count). The molecular formula is C8H17NO2. The summed E-state index contributed by atoms with van der Waals surface area (Å²) in [5.41, 5.74) is 0. The van der Waals surface area contributed by atoms with E-state index < -0.39 is 0 Å². The largest absolute Gasteiger partial charge is 0.411 e. The van der Waals surface area contributed by atoms with Gasteiger partial charge in [0.25, 0.3) is 0 Å². The van der Waals surface area contributed by atoms with Gasteiger partial charge in [-0.15, -0.1) is 0 Å². The highest BCUT2D eigenvalue weighted by atomic mass is 16.5. The molecule has 0 saturated carbocycles. The van der Waals surface area contributed by atoms with Crippen molar-refractivity contribution < 1.29 is 9.94 Å². The van der Waals surface area contributed by atoms with Crippen molar-refractivity contribution in [3.8, 4) is 0 Å². The van der Waals surface area contributed by atoms with E-state index in [1.807, 2.05) is 0 Å². The lowest BCUT2D eigenvalue weighted by atomic mass is 10.2. The molecule has 0 aromatic heterocycles. The molecule has 0 aliphatic carbocycles. The van der Waals surface area contributed by atoms with Crippen molar-refractivity contribution in [1.82, 2.24) is 0 Å². The Kier molecular flexibility index (Phi) is 7.15. The summed E-state index contributed by atoms with van der Waals surface area (Å²) in [5.74, 6) is 0. The molecule has 0 amide bonds. The molecule has 0 fully saturated rings. The van der Waals surface area contributed by atoms with Crippen LogP contribution in [-0.4, -0.2) is 24.1 Å². The van der Waals surface area contributed by atoms with E-state index >= 15 is 0 Å². The SMILES string of the molecule is CCCOC(/C=N/O)CCC. The van der Waals surface area contributed by atoms with E-state index in [-0.39, 0.29) is 6.10 Å². The first-order valence-corrected chi connectivity index (χ1v) is 4.14. The molecule has 0 aromatic rings. The van der Waals surface area contributed by atoms with Crippen molar-refractivity contribution in [1.29, 1.82) is 0 Å². The normalized spacial score (nSPS) is 14.0. The smallest absolute Gasteiger partial charge is 0.0959 e. The first kappa shape index (κ1) is 10.4. The van der Waals surface area contributed by atoms with E-state index in [1.165, 1.54) is 6.21 Å². The van der Waals surface area contributed by atoms with E-state index in [0.29, 0.717) is 0 Å². The van der Waals surface area contributed by atoms with E-state index in [9.17, 15) is 0 Å². The second kappa shape index (κ2) is 7.54. The number of hydrogen-bond donors (Lipinski definition) is 1. The number of rotatable bonds is 6. The molecular weight excluding hydrogens is 142 g/mol. The van der Waals surface area contributed by atoms with Gasteiger partial charge >= 0.3 is 0 Å². The first-order chi connectivity index (χ1) is 5.35. The monoisotopic (exact) mass is 159 g/mol. The van der Waals surface area contributed by atoms with Crippen molar-refractivity contribution in [3.63, 3.8) is 0 Å². The summed E-state index contributed by atoms with van der Waals surface area (Å²) in [4.78, 5) is 0. The van der Waals surface area contributed by atoms with Crippen LogP contribution in [0.5, 0.6) is 0 Å². The molecule has 3 nitrogen and oxygen atoms in total. The summed E-state index contributed by atoms with van der Waals surface area (Å²) in [6, 6.07) is 0. The van der Waals surface area contributed by atoms with Crippen LogP contribution >= 0.6 is 0 Å². The van der Waals surface area contributed by atoms with Crippen LogP contribution in [0.1, 0.15) is 33.1 Å². The Morgan fingerprint density at radius 2 is 2.18 bits per heavy atom. The van der Waals surface area contributed by atoms with Crippen LogP contribution in [-0.2, 0) is 4.74 Å². The molecule has 0 bridgehead atoms. The Morgan fingerprint density at radius 1 is 1.45 bits per heavy atom. The lowest BCUT2D eigenvalue weighted by Gasteiger charge is -2.10. The second-order valence-corrected chi connectivity index (χ2v) is 2.46. The van der Waals surface area contributed by atoms with Crippen LogP contribution < -0.4 is 0 Å². The summed E-state index contributed by atoms with van der Waals surface area (Å²) >= 11 is 0. The van der Waals surface area contributed by atoms with Gasteiger partial charge in [0.05, 0.1) is 12.3 Å². The minimum Gasteiger partial charge on any atom is -0.411 e. The lowest BCUT2D eigenvalue weighted by Crippen LogP contribution is -2.14. The average molecular weight is 159 g/mol. The Hall–Kier alpha value is -0.570. The maximum atomic E-state index is 8.25. The predicted molar refractivity (Wildman–Crippen MR) is 45.2 cm³/mol. The topological polar surface area (TPSA) is 41.8 Å². The van der Waals surface area contributed by atoms with E-state index in [0.717, 1.165) is 25.9 Å². The van der Waals surface area contributed by atoms with Crippen molar-refractivity contribution >= 4 is 6.21 Å². The second-order valence-electron chi connectivity index (χ2n) is 2.46. The molecule has 0 heterocycles. The van der Waals surface area contributed by atoms with Gasteiger partial charge in [-0.3, -0.25) is 0 Å². The van der Waals surface area contributed by atoms with Crippen molar-refractivity contribution in [2.75, 3.05) is 6.61 Å². The van der Waals surface area contributed by atoms with Gasteiger partial charge in [0.1, 0.15) is 0 Å². The fourth-order valence-corrected chi connectivity index (χ4v) is 0.829. The summed E-state index contributed by atoms with van der Waals surface area (Å²) in [6.07, 6.45) is 4.40. The maximum Gasteiger partial charge on any atom is 0.0959 e. The third-order valence-corrected chi connectivity index (χ3v) is 1.34. The number of ether oxygens (including phenoxy) is 1. The van der Waals surface area contributed by atoms with Gasteiger partial charge in [0.15, 0.2) is 0 Å². The number of nitrogens with zero attached hydrogens (tertiary/aromatic N) is 1. The highest BCUT2D eigenvalue weighted by Gasteiger charge is 2.02. The van der Waals surface area contributed by atoms with Gasteiger partial charge in [0.2, 0.25) is 0 Å². The third kappa shape index (κ3) is 5.85. The highest BCUT2D eigenvalue weighted by Crippen LogP contribution is 1.99. The van der Waals surface area contributed by atoms with Crippen LogP contribution in [0, 0.1) is 0 Å². The molecule has 1 unspecified atom stereocenters. The highest BCUT2D eigenvalue weighted by molar-refractivity contribution is 5.62. The minimum absolute atomic E-state index is 0.00931. The van der Waals surface area contributed by atoms with Crippen LogP contribution in [0.4, 0.5) is 0 Å². The first-order valence-electron chi connectivity index (χ1n) is 4.14. The molecule has 11 heavy (non-hydrogen) atoms. The fourth-order valence-electron chi connectivity index (χ4n) is 0.829. The molecule has 66 valence electrons. The zero-order valence-corrected chi connectivity index (χ0v) is 7.29. The standard InChI is InChI=1S/C8H17NO2/c1-3-5-8(7-9-10)11-6-4-2/h7-8,10H,3-6H2,1-2H3/b9-7+. The van der Waals surface area contributed by atoms with Crippen LogP contribution in [0.3, 0.4) is 0 Å². The van der Waals surface area contributed by atoms with E-state index in [1.54, 1.807) is 0 Å². The minimum atomic E-state index is -0.00931. The summed E-state index contributed by atoms with van der Waals surface area (Å²) in [5, 5.41) is 11.2. The fraction of sp³-hybridized carbons (Fsp3) is 0.875. The molecule has 0 aliphatic heterocycles. The molecule has 0 aliphatic rings. The Labute approximate surface area is 68.1 Å². The Morgan fingerprint density at radius 3 is 2.64 bits per heavy atom. The Balaban J connectivity index is 3.51. The molecule has 0 spiro atoms. The zero-order chi connectivity index (χ0) is 8.53. The van der Waals surface area contributed by atoms with Crippen molar-refractivity contribution in [3.05, 3.63) is 0 Å². The lowest BCUT2D eigenvalue weighted by molar-refractivity contribution is 0.0930. The van der Waals surface area contributed by atoms with Crippen LogP contribution in [0.25, 0.3) is 0 Å². The Bertz CT molecular complexity index is 104. The summed E-state index contributed by atoms with van der Waals surface area (Å²) in [7, 11) is 0. The summed E-state index contributed by atoms with van der Waals surface area (Å²) < 4.78 is 5.36. The van der Waals surface area contributed by atoms with Crippen molar-refractivity contribution in [2.24, 2.45) is 5.16 Å². The molecule has 1 N–H and O–H groups in total. The average Bonchev–Trinajstić information content (AvgIpc) is 2.01. The summed E-state index contributed by atoms with van der Waals surface area (Å²) in [6.45, 7) is 4.86. The van der Waals surface area contributed by atoms with Gasteiger partial charge in [0, 0.05) is 6.61 Å². The van der Waals surface area contributed by atoms with Gasteiger partial charge in [-0.05, 0) is 12.8 Å². The van der Waals surface area contributed by atoms with Crippen molar-refractivity contribution in [2.45, 2.75) is 39.2 Å². The van der Waals surface area contributed by atoms with E-state index in [4.69, 9.17) is 9.94 Å². The van der Waals surface area contributed by atoms with Crippen LogP contribution in [0.2, 0.25) is 0 Å².